The van der Waals surface area contributed by atoms with Gasteiger partial charge in [-0.1, -0.05) is 59.3 Å². The van der Waals surface area contributed by atoms with Crippen molar-refractivity contribution in [2.24, 2.45) is 0 Å². The number of halogens is 2. The fraction of sp³-hybridized carbons (Fsp3) is 0. The van der Waals surface area contributed by atoms with Crippen LogP contribution in [0.25, 0.3) is 21.2 Å². The van der Waals surface area contributed by atoms with Crippen LogP contribution in [0.2, 0.25) is 5.02 Å². The van der Waals surface area contributed by atoms with Crippen LogP contribution in [-0.4, -0.2) is 4.92 Å². The summed E-state index contributed by atoms with van der Waals surface area (Å²) in [6.07, 6.45) is 0. The van der Waals surface area contributed by atoms with Gasteiger partial charge in [0, 0.05) is 15.8 Å². The molecular weight excluding hydrogens is 387 g/mol. The van der Waals surface area contributed by atoms with Crippen molar-refractivity contribution in [3.05, 3.63) is 87.7 Å². The van der Waals surface area contributed by atoms with Gasteiger partial charge in [-0.05, 0) is 41.5 Å². The fourth-order valence-electron chi connectivity index (χ4n) is 2.86. The third kappa shape index (κ3) is 3.37. The van der Waals surface area contributed by atoms with Gasteiger partial charge in [-0.15, -0.1) is 0 Å². The standard InChI is InChI=1S/C20H12ClFN2O2S/c21-16-11-14(7-8-17(16)22)23-19-15-10-13(12-4-2-1-3-5-12)6-9-18(15)27-20(19)24(25)26/h1-11,23H. The smallest absolute Gasteiger partial charge is 0.348 e. The minimum absolute atomic E-state index is 0.00402. The highest BCUT2D eigenvalue weighted by molar-refractivity contribution is 7.23. The van der Waals surface area contributed by atoms with E-state index < -0.39 is 10.7 Å². The Balaban J connectivity index is 1.86. The molecule has 1 heterocycles. The molecule has 1 aromatic heterocycles. The molecule has 1 N–H and O–H groups in total. The van der Waals surface area contributed by atoms with Crippen molar-refractivity contribution in [2.45, 2.75) is 0 Å². The lowest BCUT2D eigenvalue weighted by Gasteiger charge is -2.07. The highest BCUT2D eigenvalue weighted by Crippen LogP contribution is 2.44. The maximum Gasteiger partial charge on any atom is 0.348 e. The number of anilines is 2. The second-order valence-electron chi connectivity index (χ2n) is 5.87. The van der Waals surface area contributed by atoms with Crippen LogP contribution >= 0.6 is 22.9 Å². The molecule has 0 aliphatic heterocycles. The number of rotatable bonds is 4. The molecule has 7 heteroatoms. The third-order valence-corrected chi connectivity index (χ3v) is 5.54. The molecule has 0 aliphatic carbocycles. The summed E-state index contributed by atoms with van der Waals surface area (Å²) in [6.45, 7) is 0. The molecule has 4 aromatic rings. The Hall–Kier alpha value is -2.96. The van der Waals surface area contributed by atoms with E-state index in [1.54, 1.807) is 0 Å². The van der Waals surface area contributed by atoms with Gasteiger partial charge >= 0.3 is 5.00 Å². The van der Waals surface area contributed by atoms with Crippen LogP contribution in [-0.2, 0) is 0 Å². The zero-order valence-corrected chi connectivity index (χ0v) is 15.4. The van der Waals surface area contributed by atoms with E-state index in [4.69, 9.17) is 11.6 Å². The van der Waals surface area contributed by atoms with Crippen LogP contribution in [0.15, 0.2) is 66.7 Å². The van der Waals surface area contributed by atoms with Gasteiger partial charge in [-0.25, -0.2) is 4.39 Å². The van der Waals surface area contributed by atoms with Crippen molar-refractivity contribution in [2.75, 3.05) is 5.32 Å². The zero-order valence-electron chi connectivity index (χ0n) is 13.8. The Morgan fingerprint density at radius 3 is 2.48 bits per heavy atom. The average Bonchev–Trinajstić information content (AvgIpc) is 3.03. The number of fused-ring (bicyclic) bond motifs is 1. The van der Waals surface area contributed by atoms with Gasteiger partial charge in [0.25, 0.3) is 0 Å². The summed E-state index contributed by atoms with van der Waals surface area (Å²) < 4.78 is 14.2. The van der Waals surface area contributed by atoms with Gasteiger partial charge in [0.05, 0.1) is 9.95 Å². The first-order chi connectivity index (χ1) is 13.0. The van der Waals surface area contributed by atoms with Gasteiger partial charge in [0.15, 0.2) is 0 Å². The molecule has 0 saturated heterocycles. The molecule has 4 rings (SSSR count). The Morgan fingerprint density at radius 2 is 1.78 bits per heavy atom. The Kier molecular flexibility index (Phi) is 4.51. The number of hydrogen-bond donors (Lipinski definition) is 1. The van der Waals surface area contributed by atoms with Crippen molar-refractivity contribution in [1.29, 1.82) is 0 Å². The monoisotopic (exact) mass is 398 g/mol. The van der Waals surface area contributed by atoms with Gasteiger partial charge < -0.3 is 5.32 Å². The SMILES string of the molecule is O=[N+]([O-])c1sc2ccc(-c3ccccc3)cc2c1Nc1ccc(F)c(Cl)c1. The minimum atomic E-state index is -0.543. The number of nitro groups is 1. The second kappa shape index (κ2) is 6.98. The first-order valence-corrected chi connectivity index (χ1v) is 9.21. The molecule has 0 aliphatic rings. The molecule has 3 aromatic carbocycles. The minimum Gasteiger partial charge on any atom is -0.349 e. The lowest BCUT2D eigenvalue weighted by molar-refractivity contribution is -0.379. The van der Waals surface area contributed by atoms with E-state index in [0.717, 1.165) is 32.5 Å². The quantitative estimate of drug-likeness (QED) is 0.297. The lowest BCUT2D eigenvalue weighted by Crippen LogP contribution is -1.94. The Morgan fingerprint density at radius 1 is 1.00 bits per heavy atom. The van der Waals surface area contributed by atoms with Crippen LogP contribution in [0.1, 0.15) is 0 Å². The number of nitrogens with zero attached hydrogens (tertiary/aromatic N) is 1. The highest BCUT2D eigenvalue weighted by atomic mass is 35.5. The number of hydrogen-bond acceptors (Lipinski definition) is 4. The summed E-state index contributed by atoms with van der Waals surface area (Å²) in [4.78, 5) is 11.1. The summed E-state index contributed by atoms with van der Waals surface area (Å²) in [5.41, 5.74) is 2.83. The van der Waals surface area contributed by atoms with Crippen molar-refractivity contribution in [3.8, 4) is 11.1 Å². The molecule has 0 spiro atoms. The third-order valence-electron chi connectivity index (χ3n) is 4.13. The maximum atomic E-state index is 13.4. The molecule has 0 saturated carbocycles. The number of benzene rings is 3. The number of thiophene rings is 1. The molecule has 27 heavy (non-hydrogen) atoms. The topological polar surface area (TPSA) is 55.2 Å². The Labute approximate surface area is 163 Å². The van der Waals surface area contributed by atoms with Crippen molar-refractivity contribution in [1.82, 2.24) is 0 Å². The van der Waals surface area contributed by atoms with Crippen LogP contribution in [0.5, 0.6) is 0 Å². The molecule has 0 bridgehead atoms. The summed E-state index contributed by atoms with van der Waals surface area (Å²) in [7, 11) is 0. The van der Waals surface area contributed by atoms with Crippen LogP contribution < -0.4 is 5.32 Å². The first-order valence-electron chi connectivity index (χ1n) is 8.01. The van der Waals surface area contributed by atoms with E-state index >= 15 is 0 Å². The summed E-state index contributed by atoms with van der Waals surface area (Å²) in [5.74, 6) is -0.543. The fourth-order valence-corrected chi connectivity index (χ4v) is 4.00. The van der Waals surface area contributed by atoms with E-state index in [9.17, 15) is 14.5 Å². The second-order valence-corrected chi connectivity index (χ2v) is 7.31. The Bertz CT molecular complexity index is 1160. The van der Waals surface area contributed by atoms with E-state index in [0.29, 0.717) is 11.4 Å². The van der Waals surface area contributed by atoms with Crippen LogP contribution in [0.3, 0.4) is 0 Å². The van der Waals surface area contributed by atoms with Crippen molar-refractivity contribution in [3.63, 3.8) is 0 Å². The average molecular weight is 399 g/mol. The summed E-state index contributed by atoms with van der Waals surface area (Å²) in [5, 5.41) is 15.3. The van der Waals surface area contributed by atoms with E-state index in [-0.39, 0.29) is 10.0 Å². The molecule has 0 atom stereocenters. The largest absolute Gasteiger partial charge is 0.349 e. The number of nitrogens with one attached hydrogen (secondary N) is 1. The van der Waals surface area contributed by atoms with Gasteiger partial charge in [0.1, 0.15) is 11.5 Å². The van der Waals surface area contributed by atoms with Crippen LogP contribution in [0.4, 0.5) is 20.8 Å². The molecule has 4 nitrogen and oxygen atoms in total. The molecule has 0 unspecified atom stereocenters. The van der Waals surface area contributed by atoms with Gasteiger partial charge in [-0.2, -0.15) is 0 Å². The van der Waals surface area contributed by atoms with Gasteiger partial charge in [0.2, 0.25) is 0 Å². The van der Waals surface area contributed by atoms with E-state index in [1.165, 1.54) is 18.2 Å². The maximum absolute atomic E-state index is 13.4. The molecule has 0 radical (unpaired) electrons. The first kappa shape index (κ1) is 17.5. The van der Waals surface area contributed by atoms with Gasteiger partial charge in [-0.3, -0.25) is 10.1 Å². The van der Waals surface area contributed by atoms with Crippen LogP contribution in [0, 0.1) is 15.9 Å². The zero-order chi connectivity index (χ0) is 19.0. The molecular formula is C20H12ClFN2O2S. The molecule has 0 amide bonds. The predicted octanol–water partition coefficient (Wildman–Crippen LogP) is 7.01. The van der Waals surface area contributed by atoms with E-state index in [2.05, 4.69) is 5.32 Å². The normalized spacial score (nSPS) is 10.9. The predicted molar refractivity (Wildman–Crippen MR) is 109 cm³/mol. The molecule has 0 fully saturated rings. The molecule has 134 valence electrons. The summed E-state index contributed by atoms with van der Waals surface area (Å²) >= 11 is 6.93. The van der Waals surface area contributed by atoms with Crippen molar-refractivity contribution >= 4 is 49.4 Å². The lowest BCUT2D eigenvalue weighted by atomic mass is 10.0. The highest BCUT2D eigenvalue weighted by Gasteiger charge is 2.22. The summed E-state index contributed by atoms with van der Waals surface area (Å²) in [6, 6.07) is 19.6. The van der Waals surface area contributed by atoms with E-state index in [1.807, 2.05) is 48.5 Å². The van der Waals surface area contributed by atoms with Crippen molar-refractivity contribution < 1.29 is 9.31 Å².